The van der Waals surface area contributed by atoms with Crippen molar-refractivity contribution in [3.63, 3.8) is 0 Å². The van der Waals surface area contributed by atoms with Crippen LogP contribution in [0.1, 0.15) is 24.0 Å². The van der Waals surface area contributed by atoms with Gasteiger partial charge in [0.1, 0.15) is 12.4 Å². The summed E-state index contributed by atoms with van der Waals surface area (Å²) in [4.78, 5) is 2.53. The van der Waals surface area contributed by atoms with E-state index in [1.807, 2.05) is 0 Å². The molecule has 1 aliphatic heterocycles. The van der Waals surface area contributed by atoms with E-state index in [9.17, 15) is 0 Å². The van der Waals surface area contributed by atoms with E-state index in [0.29, 0.717) is 6.04 Å². The van der Waals surface area contributed by atoms with Crippen LogP contribution in [0.4, 0.5) is 0 Å². The first-order valence-electron chi connectivity index (χ1n) is 7.81. The van der Waals surface area contributed by atoms with E-state index in [4.69, 9.17) is 10.5 Å². The second-order valence-corrected chi connectivity index (χ2v) is 6.54. The molecule has 0 bridgehead atoms. The smallest absolute Gasteiger partial charge is 0.122 e. The van der Waals surface area contributed by atoms with Crippen LogP contribution in [0, 0.1) is 25.7 Å². The highest BCUT2D eigenvalue weighted by atomic mass is 16.5. The molecule has 0 aromatic heterocycles. The first-order chi connectivity index (χ1) is 9.63. The normalized spacial score (nSPS) is 29.6. The number of hydrogen-bond donors (Lipinski definition) is 1. The molecule has 2 aliphatic rings. The van der Waals surface area contributed by atoms with Crippen molar-refractivity contribution in [2.45, 2.75) is 32.7 Å². The number of hydrogen-bond acceptors (Lipinski definition) is 3. The summed E-state index contributed by atoms with van der Waals surface area (Å²) in [5, 5.41) is 0. The fraction of sp³-hybridized carbons (Fsp3) is 0.647. The lowest BCUT2D eigenvalue weighted by Gasteiger charge is -2.19. The van der Waals surface area contributed by atoms with Crippen LogP contribution < -0.4 is 10.5 Å². The minimum Gasteiger partial charge on any atom is -0.492 e. The molecule has 1 saturated heterocycles. The third kappa shape index (κ3) is 2.84. The van der Waals surface area contributed by atoms with Gasteiger partial charge in [-0.2, -0.15) is 0 Å². The van der Waals surface area contributed by atoms with Crippen molar-refractivity contribution in [3.05, 3.63) is 29.3 Å². The van der Waals surface area contributed by atoms with Gasteiger partial charge in [0, 0.05) is 25.7 Å². The molecule has 3 rings (SSSR count). The van der Waals surface area contributed by atoms with Gasteiger partial charge in [-0.1, -0.05) is 12.1 Å². The van der Waals surface area contributed by atoms with E-state index in [1.165, 1.54) is 37.1 Å². The summed E-state index contributed by atoms with van der Waals surface area (Å²) in [5.41, 5.74) is 8.66. The number of fused-ring (bicyclic) bond motifs is 1. The Labute approximate surface area is 122 Å². The Morgan fingerprint density at radius 3 is 2.90 bits per heavy atom. The molecule has 0 spiro atoms. The predicted molar refractivity (Wildman–Crippen MR) is 82.0 cm³/mol. The molecule has 1 aliphatic carbocycles. The summed E-state index contributed by atoms with van der Waals surface area (Å²) in [5.74, 6) is 2.60. The maximum absolute atomic E-state index is 6.18. The maximum atomic E-state index is 6.18. The molecule has 0 radical (unpaired) electrons. The fourth-order valence-corrected chi connectivity index (χ4v) is 3.73. The highest BCUT2D eigenvalue weighted by molar-refractivity contribution is 5.35. The molecule has 0 amide bonds. The Balaban J connectivity index is 1.48. The van der Waals surface area contributed by atoms with E-state index in [1.54, 1.807) is 0 Å². The second-order valence-electron chi connectivity index (χ2n) is 6.54. The molecular formula is C17H26N2O. The molecule has 3 nitrogen and oxygen atoms in total. The van der Waals surface area contributed by atoms with Crippen molar-refractivity contribution < 1.29 is 4.74 Å². The summed E-state index contributed by atoms with van der Waals surface area (Å²) in [6.45, 7) is 8.39. The number of ether oxygens (including phenoxy) is 1. The highest BCUT2D eigenvalue weighted by Crippen LogP contribution is 2.36. The number of nitrogens with zero attached hydrogens (tertiary/aromatic N) is 1. The lowest BCUT2D eigenvalue weighted by atomic mass is 9.98. The van der Waals surface area contributed by atoms with E-state index in [2.05, 4.69) is 36.9 Å². The van der Waals surface area contributed by atoms with Gasteiger partial charge < -0.3 is 10.5 Å². The van der Waals surface area contributed by atoms with Crippen LogP contribution in [0.2, 0.25) is 0 Å². The van der Waals surface area contributed by atoms with Gasteiger partial charge in [0.25, 0.3) is 0 Å². The summed E-state index contributed by atoms with van der Waals surface area (Å²) in [6, 6.07) is 6.82. The lowest BCUT2D eigenvalue weighted by Crippen LogP contribution is -2.32. The van der Waals surface area contributed by atoms with Crippen molar-refractivity contribution in [2.24, 2.45) is 17.6 Å². The van der Waals surface area contributed by atoms with Crippen molar-refractivity contribution in [3.8, 4) is 5.75 Å². The summed E-state index contributed by atoms with van der Waals surface area (Å²) in [7, 11) is 0. The van der Waals surface area contributed by atoms with E-state index < -0.39 is 0 Å². The first kappa shape index (κ1) is 13.9. The molecule has 2 fully saturated rings. The van der Waals surface area contributed by atoms with Gasteiger partial charge >= 0.3 is 0 Å². The largest absolute Gasteiger partial charge is 0.492 e. The van der Waals surface area contributed by atoms with Gasteiger partial charge in [0.2, 0.25) is 0 Å². The van der Waals surface area contributed by atoms with Crippen molar-refractivity contribution in [1.82, 2.24) is 4.90 Å². The molecule has 3 unspecified atom stereocenters. The molecule has 3 heteroatoms. The number of aryl methyl sites for hydroxylation is 2. The standard InChI is InChI=1S/C17H26N2O/c1-12-3-4-13(2)17(9-12)20-8-7-19-10-14-5-6-16(18)15(14)11-19/h3-4,9,14-16H,5-8,10-11,18H2,1-2H3. The van der Waals surface area contributed by atoms with Gasteiger partial charge in [-0.25, -0.2) is 0 Å². The minimum absolute atomic E-state index is 0.435. The Morgan fingerprint density at radius 1 is 1.25 bits per heavy atom. The van der Waals surface area contributed by atoms with Crippen LogP contribution >= 0.6 is 0 Å². The molecule has 1 aromatic carbocycles. The number of rotatable bonds is 4. The molecule has 110 valence electrons. The van der Waals surface area contributed by atoms with Crippen LogP contribution in [-0.4, -0.2) is 37.2 Å². The minimum atomic E-state index is 0.435. The molecular weight excluding hydrogens is 248 g/mol. The average molecular weight is 274 g/mol. The molecule has 20 heavy (non-hydrogen) atoms. The maximum Gasteiger partial charge on any atom is 0.122 e. The van der Waals surface area contributed by atoms with Crippen molar-refractivity contribution in [1.29, 1.82) is 0 Å². The lowest BCUT2D eigenvalue weighted by molar-refractivity contribution is 0.225. The molecule has 3 atom stereocenters. The molecule has 1 heterocycles. The third-order valence-corrected chi connectivity index (χ3v) is 5.00. The van der Waals surface area contributed by atoms with Crippen LogP contribution in [0.25, 0.3) is 0 Å². The molecule has 1 saturated carbocycles. The summed E-state index contributed by atoms with van der Waals surface area (Å²) < 4.78 is 5.96. The third-order valence-electron chi connectivity index (χ3n) is 5.00. The Hall–Kier alpha value is -1.06. The van der Waals surface area contributed by atoms with E-state index >= 15 is 0 Å². The zero-order valence-electron chi connectivity index (χ0n) is 12.6. The Morgan fingerprint density at radius 2 is 2.10 bits per heavy atom. The molecule has 1 aromatic rings. The Kier molecular flexibility index (Phi) is 3.99. The predicted octanol–water partition coefficient (Wildman–Crippen LogP) is 2.35. The summed E-state index contributed by atoms with van der Waals surface area (Å²) in [6.07, 6.45) is 2.54. The number of benzene rings is 1. The van der Waals surface area contributed by atoms with E-state index in [-0.39, 0.29) is 0 Å². The Bertz CT molecular complexity index is 474. The van der Waals surface area contributed by atoms with Gasteiger partial charge in [0.05, 0.1) is 0 Å². The first-order valence-corrected chi connectivity index (χ1v) is 7.81. The van der Waals surface area contributed by atoms with Gasteiger partial charge in [-0.3, -0.25) is 4.90 Å². The van der Waals surface area contributed by atoms with Crippen LogP contribution in [0.3, 0.4) is 0 Å². The van der Waals surface area contributed by atoms with E-state index in [0.717, 1.165) is 30.7 Å². The average Bonchev–Trinajstić information content (AvgIpc) is 2.96. The SMILES string of the molecule is Cc1ccc(C)c(OCCN2CC3CCC(N)C3C2)c1. The number of nitrogens with two attached hydrogens (primary N) is 1. The van der Waals surface area contributed by atoms with Gasteiger partial charge in [-0.05, 0) is 55.7 Å². The second kappa shape index (κ2) is 5.74. The van der Waals surface area contributed by atoms with Crippen LogP contribution in [-0.2, 0) is 0 Å². The number of likely N-dealkylation sites (tertiary alicyclic amines) is 1. The van der Waals surface area contributed by atoms with Gasteiger partial charge in [-0.15, -0.1) is 0 Å². The zero-order chi connectivity index (χ0) is 14.1. The monoisotopic (exact) mass is 274 g/mol. The summed E-state index contributed by atoms with van der Waals surface area (Å²) >= 11 is 0. The van der Waals surface area contributed by atoms with Crippen LogP contribution in [0.15, 0.2) is 18.2 Å². The zero-order valence-corrected chi connectivity index (χ0v) is 12.6. The quantitative estimate of drug-likeness (QED) is 0.916. The van der Waals surface area contributed by atoms with Gasteiger partial charge in [0.15, 0.2) is 0 Å². The topological polar surface area (TPSA) is 38.5 Å². The fourth-order valence-electron chi connectivity index (χ4n) is 3.73. The van der Waals surface area contributed by atoms with Crippen molar-refractivity contribution in [2.75, 3.05) is 26.2 Å². The van der Waals surface area contributed by atoms with Crippen LogP contribution in [0.5, 0.6) is 5.75 Å². The molecule has 2 N–H and O–H groups in total. The van der Waals surface area contributed by atoms with Crippen molar-refractivity contribution >= 4 is 0 Å². The highest BCUT2D eigenvalue weighted by Gasteiger charge is 2.40.